The molecule has 1 N–H and O–H groups in total. The fraction of sp³-hybridized carbons (Fsp3) is 0.522. The Morgan fingerprint density at radius 1 is 1.24 bits per heavy atom. The molecule has 0 radical (unpaired) electrons. The van der Waals surface area contributed by atoms with Crippen LogP contribution in [-0.4, -0.2) is 65.7 Å². The number of nitrogens with one attached hydrogen (secondary N) is 1. The number of aromatic nitrogens is 4. The van der Waals surface area contributed by atoms with Gasteiger partial charge in [0.15, 0.2) is 11.3 Å². The van der Waals surface area contributed by atoms with Gasteiger partial charge in [-0.05, 0) is 50.8 Å². The number of aryl methyl sites for hydroxylation is 2. The van der Waals surface area contributed by atoms with Crippen molar-refractivity contribution in [1.29, 1.82) is 0 Å². The van der Waals surface area contributed by atoms with Gasteiger partial charge in [-0.3, -0.25) is 4.79 Å². The van der Waals surface area contributed by atoms with Crippen LogP contribution in [0.2, 0.25) is 0 Å². The maximum atomic E-state index is 13.3. The van der Waals surface area contributed by atoms with Crippen molar-refractivity contribution in [3.05, 3.63) is 40.1 Å². The molecule has 1 aliphatic rings. The summed E-state index contributed by atoms with van der Waals surface area (Å²) in [4.78, 5) is 20.3. The van der Waals surface area contributed by atoms with E-state index in [-0.39, 0.29) is 16.3 Å². The Morgan fingerprint density at radius 2 is 2.00 bits per heavy atom. The van der Waals surface area contributed by atoms with Crippen molar-refractivity contribution in [2.24, 2.45) is 5.92 Å². The first-order valence-electron chi connectivity index (χ1n) is 11.5. The molecule has 3 aromatic rings. The average molecular weight is 490 g/mol. The molecule has 4 rings (SSSR count). The summed E-state index contributed by atoms with van der Waals surface area (Å²) < 4.78 is 40.4. The molecule has 1 aromatic carbocycles. The van der Waals surface area contributed by atoms with Gasteiger partial charge < -0.3 is 14.5 Å². The van der Waals surface area contributed by atoms with Crippen LogP contribution in [-0.2, 0) is 21.2 Å². The van der Waals surface area contributed by atoms with Crippen molar-refractivity contribution in [2.45, 2.75) is 44.9 Å². The number of hydrogen-bond donors (Lipinski definition) is 1. The van der Waals surface area contributed by atoms with Crippen LogP contribution in [0.4, 0.5) is 0 Å². The normalized spacial score (nSPS) is 15.1. The average Bonchev–Trinajstić information content (AvgIpc) is 3.09. The topological polar surface area (TPSA) is 119 Å². The number of aromatic amines is 1. The molecule has 0 atom stereocenters. The molecule has 34 heavy (non-hydrogen) atoms. The molecule has 1 aliphatic heterocycles. The predicted molar refractivity (Wildman–Crippen MR) is 128 cm³/mol. The Labute approximate surface area is 199 Å². The molecular weight excluding hydrogens is 458 g/mol. The highest BCUT2D eigenvalue weighted by Crippen LogP contribution is 2.33. The first-order valence-corrected chi connectivity index (χ1v) is 13.0. The monoisotopic (exact) mass is 489 g/mol. The van der Waals surface area contributed by atoms with Gasteiger partial charge in [0, 0.05) is 33.2 Å². The number of sulfonamides is 1. The van der Waals surface area contributed by atoms with Crippen molar-refractivity contribution >= 4 is 15.5 Å². The first-order chi connectivity index (χ1) is 16.3. The highest BCUT2D eigenvalue weighted by molar-refractivity contribution is 7.89. The number of hydrogen-bond acceptors (Lipinski definition) is 7. The fourth-order valence-corrected chi connectivity index (χ4v) is 5.83. The fourth-order valence-electron chi connectivity index (χ4n) is 4.21. The lowest BCUT2D eigenvalue weighted by molar-refractivity contribution is 0.126. The number of rotatable bonds is 10. The van der Waals surface area contributed by atoms with Gasteiger partial charge >= 0.3 is 0 Å². The van der Waals surface area contributed by atoms with E-state index < -0.39 is 10.0 Å². The number of benzene rings is 1. The van der Waals surface area contributed by atoms with Gasteiger partial charge in [-0.2, -0.15) is 4.31 Å². The summed E-state index contributed by atoms with van der Waals surface area (Å²) in [7, 11) is -2.05. The summed E-state index contributed by atoms with van der Waals surface area (Å²) in [5, 5.41) is 4.63. The molecule has 0 unspecified atom stereocenters. The minimum atomic E-state index is -3.69. The molecule has 0 saturated carbocycles. The number of imidazole rings is 1. The highest BCUT2D eigenvalue weighted by Gasteiger charge is 2.36. The Bertz CT molecular complexity index is 1340. The lowest BCUT2D eigenvalue weighted by Crippen LogP contribution is -2.50. The molecule has 184 valence electrons. The van der Waals surface area contributed by atoms with Gasteiger partial charge in [0.2, 0.25) is 10.0 Å². The second-order valence-corrected chi connectivity index (χ2v) is 10.4. The smallest absolute Gasteiger partial charge is 0.277 e. The number of ether oxygens (including phenoxy) is 2. The Morgan fingerprint density at radius 3 is 2.68 bits per heavy atom. The summed E-state index contributed by atoms with van der Waals surface area (Å²) in [6, 6.07) is 4.67. The van der Waals surface area contributed by atoms with E-state index >= 15 is 0 Å². The number of fused-ring (bicyclic) bond motifs is 1. The van der Waals surface area contributed by atoms with Crippen LogP contribution < -0.4 is 10.3 Å². The molecular formula is C23H31N5O5S. The van der Waals surface area contributed by atoms with Crippen molar-refractivity contribution in [1.82, 2.24) is 23.9 Å². The maximum absolute atomic E-state index is 13.3. The van der Waals surface area contributed by atoms with Gasteiger partial charge in [0.05, 0.1) is 22.8 Å². The zero-order valence-corrected chi connectivity index (χ0v) is 20.8. The van der Waals surface area contributed by atoms with Gasteiger partial charge in [-0.25, -0.2) is 17.9 Å². The van der Waals surface area contributed by atoms with Crippen LogP contribution in [0.3, 0.4) is 0 Å². The Kier molecular flexibility index (Phi) is 7.06. The molecule has 1 fully saturated rings. The van der Waals surface area contributed by atoms with E-state index in [1.807, 2.05) is 13.8 Å². The van der Waals surface area contributed by atoms with Crippen LogP contribution >= 0.6 is 0 Å². The SMILES string of the molecule is CCCc1nc(C)c2c(=O)[nH]c(-c3cc(S(=O)(=O)N4CC(CCOC)C4)ccc3OCC)nn12. The van der Waals surface area contributed by atoms with Gasteiger partial charge in [0.1, 0.15) is 11.6 Å². The number of nitrogens with zero attached hydrogens (tertiary/aromatic N) is 4. The summed E-state index contributed by atoms with van der Waals surface area (Å²) in [6.45, 7) is 7.56. The third-order valence-corrected chi connectivity index (χ3v) is 7.84. The summed E-state index contributed by atoms with van der Waals surface area (Å²) in [6.07, 6.45) is 2.34. The van der Waals surface area contributed by atoms with Gasteiger partial charge in [-0.15, -0.1) is 5.10 Å². The summed E-state index contributed by atoms with van der Waals surface area (Å²) >= 11 is 0. The standard InChI is InChI=1S/C23H31N5O5S/c1-5-7-20-24-15(3)21-23(29)25-22(26-28(20)21)18-12-17(8-9-19(18)33-6-2)34(30,31)27-13-16(14-27)10-11-32-4/h8-9,12,16H,5-7,10-11,13-14H2,1-4H3,(H,25,26,29). The molecule has 0 spiro atoms. The van der Waals surface area contributed by atoms with Gasteiger partial charge in [0.25, 0.3) is 5.56 Å². The third kappa shape index (κ3) is 4.47. The molecule has 2 aromatic heterocycles. The van der Waals surface area contributed by atoms with Crippen LogP contribution in [0.25, 0.3) is 16.9 Å². The van der Waals surface area contributed by atoms with E-state index in [2.05, 4.69) is 15.1 Å². The van der Waals surface area contributed by atoms with E-state index in [0.717, 1.165) is 12.8 Å². The Balaban J connectivity index is 1.76. The van der Waals surface area contributed by atoms with Crippen molar-refractivity contribution in [2.75, 3.05) is 33.4 Å². The predicted octanol–water partition coefficient (Wildman–Crippen LogP) is 2.40. The van der Waals surface area contributed by atoms with Crippen LogP contribution in [0.1, 0.15) is 38.2 Å². The van der Waals surface area contributed by atoms with Crippen LogP contribution in [0.15, 0.2) is 27.9 Å². The van der Waals surface area contributed by atoms with Crippen LogP contribution in [0, 0.1) is 12.8 Å². The first kappa shape index (κ1) is 24.4. The minimum Gasteiger partial charge on any atom is -0.493 e. The second kappa shape index (κ2) is 9.85. The maximum Gasteiger partial charge on any atom is 0.277 e. The molecule has 10 nitrogen and oxygen atoms in total. The van der Waals surface area contributed by atoms with Crippen molar-refractivity contribution in [3.63, 3.8) is 0 Å². The number of H-pyrrole nitrogens is 1. The van der Waals surface area contributed by atoms with Crippen LogP contribution in [0.5, 0.6) is 5.75 Å². The molecule has 0 bridgehead atoms. The van der Waals surface area contributed by atoms with Crippen molar-refractivity contribution in [3.8, 4) is 17.1 Å². The lowest BCUT2D eigenvalue weighted by atomic mass is 10.0. The van der Waals surface area contributed by atoms with Gasteiger partial charge in [-0.1, -0.05) is 6.92 Å². The van der Waals surface area contributed by atoms with E-state index in [4.69, 9.17) is 9.47 Å². The molecule has 0 amide bonds. The minimum absolute atomic E-state index is 0.134. The van der Waals surface area contributed by atoms with Crippen molar-refractivity contribution < 1.29 is 17.9 Å². The largest absolute Gasteiger partial charge is 0.493 e. The highest BCUT2D eigenvalue weighted by atomic mass is 32.2. The molecule has 1 saturated heterocycles. The molecule has 3 heterocycles. The Hall–Kier alpha value is -2.76. The number of methoxy groups -OCH3 is 1. The zero-order chi connectivity index (χ0) is 24.5. The quantitative estimate of drug-likeness (QED) is 0.464. The van der Waals surface area contributed by atoms with E-state index in [9.17, 15) is 13.2 Å². The summed E-state index contributed by atoms with van der Waals surface area (Å²) in [5.41, 5.74) is 1.06. The summed E-state index contributed by atoms with van der Waals surface area (Å²) in [5.74, 6) is 1.65. The van der Waals surface area contributed by atoms with E-state index in [1.54, 1.807) is 24.6 Å². The van der Waals surface area contributed by atoms with E-state index in [0.29, 0.717) is 67.0 Å². The second-order valence-electron chi connectivity index (χ2n) is 8.49. The third-order valence-electron chi connectivity index (χ3n) is 6.01. The molecule has 0 aliphatic carbocycles. The van der Waals surface area contributed by atoms with E-state index in [1.165, 1.54) is 16.4 Å². The lowest BCUT2D eigenvalue weighted by Gasteiger charge is -2.38. The molecule has 11 heteroatoms. The zero-order valence-electron chi connectivity index (χ0n) is 20.0.